The number of amides is 2. The summed E-state index contributed by atoms with van der Waals surface area (Å²) in [6.07, 6.45) is -4.54. The van der Waals surface area contributed by atoms with Crippen molar-refractivity contribution in [3.8, 4) is 0 Å². The van der Waals surface area contributed by atoms with E-state index in [1.54, 1.807) is 13.0 Å². The zero-order chi connectivity index (χ0) is 21.8. The first-order chi connectivity index (χ1) is 13.5. The molecule has 0 saturated heterocycles. The Morgan fingerprint density at radius 1 is 1.07 bits per heavy atom. The lowest BCUT2D eigenvalue weighted by Gasteiger charge is -2.15. The molecule has 0 spiro atoms. The van der Waals surface area contributed by atoms with Gasteiger partial charge in [0.2, 0.25) is 11.8 Å². The molecule has 2 aromatic carbocycles. The van der Waals surface area contributed by atoms with Crippen LogP contribution in [0.25, 0.3) is 0 Å². The second kappa shape index (κ2) is 9.54. The Hall–Kier alpha value is -2.19. The SMILES string of the molecule is Cc1ccc(NC(=O)CSC(C)C(=O)Nc2cc(C(F)(F)F)ccc2Cl)cc1C. The van der Waals surface area contributed by atoms with Crippen molar-refractivity contribution in [2.45, 2.75) is 32.2 Å². The number of halogens is 4. The van der Waals surface area contributed by atoms with Gasteiger partial charge < -0.3 is 10.6 Å². The summed E-state index contributed by atoms with van der Waals surface area (Å²) in [5.41, 5.74) is 1.77. The van der Waals surface area contributed by atoms with Gasteiger partial charge in [-0.1, -0.05) is 17.7 Å². The van der Waals surface area contributed by atoms with E-state index in [-0.39, 0.29) is 22.4 Å². The average molecular weight is 445 g/mol. The summed E-state index contributed by atoms with van der Waals surface area (Å²) in [4.78, 5) is 24.4. The third-order valence-corrected chi connectivity index (χ3v) is 5.65. The molecule has 0 aliphatic heterocycles. The predicted octanol–water partition coefficient (Wildman–Crippen LogP) is 5.67. The smallest absolute Gasteiger partial charge is 0.325 e. The van der Waals surface area contributed by atoms with Gasteiger partial charge in [0, 0.05) is 5.69 Å². The van der Waals surface area contributed by atoms with Crippen LogP contribution in [0.2, 0.25) is 5.02 Å². The van der Waals surface area contributed by atoms with Gasteiger partial charge in [-0.15, -0.1) is 11.8 Å². The maximum atomic E-state index is 12.8. The quantitative estimate of drug-likeness (QED) is 0.603. The van der Waals surface area contributed by atoms with Crippen molar-refractivity contribution in [3.05, 3.63) is 58.1 Å². The number of rotatable bonds is 6. The molecule has 0 fully saturated rings. The fourth-order valence-electron chi connectivity index (χ4n) is 2.32. The zero-order valence-electron chi connectivity index (χ0n) is 16.0. The normalized spacial score (nSPS) is 12.4. The van der Waals surface area contributed by atoms with Gasteiger partial charge in [0.15, 0.2) is 0 Å². The molecule has 0 bridgehead atoms. The Balaban J connectivity index is 1.92. The van der Waals surface area contributed by atoms with Gasteiger partial charge in [-0.05, 0) is 62.2 Å². The van der Waals surface area contributed by atoms with Crippen LogP contribution in [0, 0.1) is 13.8 Å². The highest BCUT2D eigenvalue weighted by Gasteiger charge is 2.31. The summed E-state index contributed by atoms with van der Waals surface area (Å²) in [6.45, 7) is 5.46. The van der Waals surface area contributed by atoms with Crippen LogP contribution in [-0.2, 0) is 15.8 Å². The molecule has 0 aliphatic carbocycles. The van der Waals surface area contributed by atoms with Crippen molar-refractivity contribution in [1.82, 2.24) is 0 Å². The Morgan fingerprint density at radius 3 is 2.38 bits per heavy atom. The second-order valence-corrected chi connectivity index (χ2v) is 8.22. The van der Waals surface area contributed by atoms with Crippen molar-refractivity contribution < 1.29 is 22.8 Å². The molecule has 2 N–H and O–H groups in total. The van der Waals surface area contributed by atoms with Gasteiger partial charge >= 0.3 is 6.18 Å². The van der Waals surface area contributed by atoms with Crippen LogP contribution in [0.1, 0.15) is 23.6 Å². The predicted molar refractivity (Wildman–Crippen MR) is 112 cm³/mol. The van der Waals surface area contributed by atoms with Crippen LogP contribution in [0.15, 0.2) is 36.4 Å². The van der Waals surface area contributed by atoms with Gasteiger partial charge in [0.05, 0.1) is 27.3 Å². The van der Waals surface area contributed by atoms with E-state index in [4.69, 9.17) is 11.6 Å². The van der Waals surface area contributed by atoms with Crippen LogP contribution in [0.4, 0.5) is 24.5 Å². The highest BCUT2D eigenvalue weighted by Crippen LogP contribution is 2.34. The molecule has 0 aliphatic rings. The molecular formula is C20H20ClF3N2O2S. The number of alkyl halides is 3. The number of thioether (sulfide) groups is 1. The Labute approximate surface area is 176 Å². The van der Waals surface area contributed by atoms with Crippen LogP contribution >= 0.6 is 23.4 Å². The average Bonchev–Trinajstić information content (AvgIpc) is 2.63. The van der Waals surface area contributed by atoms with Crippen molar-refractivity contribution in [2.24, 2.45) is 0 Å². The number of benzene rings is 2. The molecule has 2 aromatic rings. The number of hydrogen-bond donors (Lipinski definition) is 2. The van der Waals surface area contributed by atoms with E-state index >= 15 is 0 Å². The molecule has 29 heavy (non-hydrogen) atoms. The van der Waals surface area contributed by atoms with Gasteiger partial charge in [0.25, 0.3) is 0 Å². The van der Waals surface area contributed by atoms with E-state index in [1.807, 2.05) is 26.0 Å². The first kappa shape index (κ1) is 23.1. The van der Waals surface area contributed by atoms with Crippen LogP contribution in [0.3, 0.4) is 0 Å². The maximum Gasteiger partial charge on any atom is 0.416 e. The Kier molecular flexibility index (Phi) is 7.60. The molecular weight excluding hydrogens is 425 g/mol. The molecule has 9 heteroatoms. The molecule has 1 atom stereocenters. The number of carbonyl (C=O) groups is 2. The van der Waals surface area contributed by atoms with Gasteiger partial charge in [-0.2, -0.15) is 13.2 Å². The third kappa shape index (κ3) is 6.68. The van der Waals surface area contributed by atoms with Crippen molar-refractivity contribution >= 4 is 46.6 Å². The molecule has 156 valence electrons. The summed E-state index contributed by atoms with van der Waals surface area (Å²) < 4.78 is 38.5. The van der Waals surface area contributed by atoms with Gasteiger partial charge in [0.1, 0.15) is 0 Å². The summed E-state index contributed by atoms with van der Waals surface area (Å²) in [7, 11) is 0. The maximum absolute atomic E-state index is 12.8. The first-order valence-electron chi connectivity index (χ1n) is 8.63. The lowest BCUT2D eigenvalue weighted by molar-refractivity contribution is -0.137. The van der Waals surface area contributed by atoms with Crippen molar-refractivity contribution in [1.29, 1.82) is 0 Å². The highest BCUT2D eigenvalue weighted by atomic mass is 35.5. The number of hydrogen-bond acceptors (Lipinski definition) is 3. The fraction of sp³-hybridized carbons (Fsp3) is 0.300. The summed E-state index contributed by atoms with van der Waals surface area (Å²) in [6, 6.07) is 8.24. The van der Waals surface area contributed by atoms with Gasteiger partial charge in [-0.3, -0.25) is 9.59 Å². The number of anilines is 2. The number of carbonyl (C=O) groups excluding carboxylic acids is 2. The van der Waals surface area contributed by atoms with E-state index in [2.05, 4.69) is 10.6 Å². The monoisotopic (exact) mass is 444 g/mol. The molecule has 0 saturated carbocycles. The van der Waals surface area contributed by atoms with E-state index < -0.39 is 22.9 Å². The van der Waals surface area contributed by atoms with E-state index in [1.165, 1.54) is 0 Å². The standard InChI is InChI=1S/C20H20ClF3N2O2S/c1-11-4-6-15(8-12(11)2)25-18(27)10-29-13(3)19(28)26-17-9-14(20(22,23)24)5-7-16(17)21/h4-9,13H,10H2,1-3H3,(H,25,27)(H,26,28). The Morgan fingerprint density at radius 2 is 1.76 bits per heavy atom. The topological polar surface area (TPSA) is 58.2 Å². The molecule has 2 rings (SSSR count). The molecule has 0 radical (unpaired) electrons. The first-order valence-corrected chi connectivity index (χ1v) is 10.1. The second-order valence-electron chi connectivity index (χ2n) is 6.48. The van der Waals surface area contributed by atoms with E-state index in [0.29, 0.717) is 5.69 Å². The van der Waals surface area contributed by atoms with Crippen molar-refractivity contribution in [2.75, 3.05) is 16.4 Å². The summed E-state index contributed by atoms with van der Waals surface area (Å²) >= 11 is 6.95. The lowest BCUT2D eigenvalue weighted by Crippen LogP contribution is -2.25. The molecule has 1 unspecified atom stereocenters. The van der Waals surface area contributed by atoms with Gasteiger partial charge in [-0.25, -0.2) is 0 Å². The largest absolute Gasteiger partial charge is 0.416 e. The fourth-order valence-corrected chi connectivity index (χ4v) is 3.17. The molecule has 2 amide bonds. The minimum Gasteiger partial charge on any atom is -0.325 e. The summed E-state index contributed by atoms with van der Waals surface area (Å²) in [5.74, 6) is -0.817. The summed E-state index contributed by atoms with van der Waals surface area (Å²) in [5, 5.41) is 4.46. The van der Waals surface area contributed by atoms with Crippen molar-refractivity contribution in [3.63, 3.8) is 0 Å². The van der Waals surface area contributed by atoms with E-state index in [9.17, 15) is 22.8 Å². The number of aryl methyl sites for hydroxylation is 2. The van der Waals surface area contributed by atoms with Crippen LogP contribution in [0.5, 0.6) is 0 Å². The molecule has 0 heterocycles. The minimum atomic E-state index is -4.54. The molecule has 4 nitrogen and oxygen atoms in total. The lowest BCUT2D eigenvalue weighted by atomic mass is 10.1. The van der Waals surface area contributed by atoms with Crippen LogP contribution in [-0.4, -0.2) is 22.8 Å². The third-order valence-electron chi connectivity index (χ3n) is 4.18. The zero-order valence-corrected chi connectivity index (χ0v) is 17.6. The number of nitrogens with one attached hydrogen (secondary N) is 2. The molecule has 0 aromatic heterocycles. The van der Waals surface area contributed by atoms with E-state index in [0.717, 1.165) is 41.1 Å². The Bertz CT molecular complexity index is 919. The minimum absolute atomic E-state index is 0.00367. The van der Waals surface area contributed by atoms with Crippen LogP contribution < -0.4 is 10.6 Å². The highest BCUT2D eigenvalue weighted by molar-refractivity contribution is 8.01.